The van der Waals surface area contributed by atoms with Crippen molar-refractivity contribution in [3.05, 3.63) is 119 Å². The third-order valence-corrected chi connectivity index (χ3v) is 8.12. The Balaban J connectivity index is 1.32. The number of fused-ring (bicyclic) bond motifs is 7. The van der Waals surface area contributed by atoms with E-state index in [1.54, 1.807) is 41.6 Å². The number of phenols is 2. The smallest absolute Gasteiger partial charge is 0.258 e. The molecule has 3 N–H and O–H groups in total. The second kappa shape index (κ2) is 11.3. The average Bonchev–Trinajstić information content (AvgIpc) is 3.04. The van der Waals surface area contributed by atoms with Gasteiger partial charge in [-0.1, -0.05) is 24.3 Å². The molecule has 0 spiro atoms. The van der Waals surface area contributed by atoms with Crippen LogP contribution in [0.3, 0.4) is 0 Å². The molecule has 0 radical (unpaired) electrons. The van der Waals surface area contributed by atoms with Crippen LogP contribution in [0, 0.1) is 0 Å². The van der Waals surface area contributed by atoms with Gasteiger partial charge in [-0.05, 0) is 84.1 Å². The molecule has 9 nitrogen and oxygen atoms in total. The van der Waals surface area contributed by atoms with Crippen molar-refractivity contribution in [2.24, 2.45) is 0 Å². The molecule has 0 aliphatic carbocycles. The van der Waals surface area contributed by atoms with Gasteiger partial charge in [0.05, 0.1) is 23.8 Å². The lowest BCUT2D eigenvalue weighted by molar-refractivity contribution is 0.0691. The highest BCUT2D eigenvalue weighted by atomic mass is 16.5. The minimum atomic E-state index is -0.449. The molecule has 3 aliphatic heterocycles. The Bertz CT molecular complexity index is 1920. The molecule has 8 rings (SSSR count). The number of hydrogen-bond donors (Lipinski definition) is 3. The number of aromatic hydroxyl groups is 2. The summed E-state index contributed by atoms with van der Waals surface area (Å²) in [4.78, 5) is 32.9. The predicted octanol–water partition coefficient (Wildman–Crippen LogP) is 5.74. The van der Waals surface area contributed by atoms with Crippen LogP contribution in [0.5, 0.6) is 28.7 Å². The molecule has 1 unspecified atom stereocenters. The number of nitrogens with one attached hydrogen (secondary N) is 1. The Hall–Kier alpha value is -5.57. The molecule has 0 fully saturated rings. The van der Waals surface area contributed by atoms with Crippen molar-refractivity contribution in [2.45, 2.75) is 18.9 Å². The number of carbonyl (C=O) groups is 2. The van der Waals surface area contributed by atoms with E-state index < -0.39 is 11.9 Å². The van der Waals surface area contributed by atoms with Gasteiger partial charge < -0.3 is 29.9 Å². The third-order valence-electron chi connectivity index (χ3n) is 8.12. The van der Waals surface area contributed by atoms with Gasteiger partial charge >= 0.3 is 0 Å². The summed E-state index contributed by atoms with van der Waals surface area (Å²) in [6, 6.07) is 22.7. The largest absolute Gasteiger partial charge is 0.507 e. The summed E-state index contributed by atoms with van der Waals surface area (Å²) < 4.78 is 12.2. The van der Waals surface area contributed by atoms with Crippen molar-refractivity contribution >= 4 is 22.6 Å². The van der Waals surface area contributed by atoms with Gasteiger partial charge in [0.25, 0.3) is 11.8 Å². The van der Waals surface area contributed by atoms with E-state index in [1.807, 2.05) is 42.5 Å². The molecule has 0 saturated heterocycles. The van der Waals surface area contributed by atoms with Gasteiger partial charge in [0, 0.05) is 36.3 Å². The summed E-state index contributed by atoms with van der Waals surface area (Å²) in [7, 11) is 0. The Kier molecular flexibility index (Phi) is 6.98. The Morgan fingerprint density at radius 2 is 1.82 bits per heavy atom. The normalized spacial score (nSPS) is 16.3. The predicted molar refractivity (Wildman–Crippen MR) is 164 cm³/mol. The van der Waals surface area contributed by atoms with Gasteiger partial charge in [-0.2, -0.15) is 0 Å². The molecule has 9 heteroatoms. The zero-order valence-electron chi connectivity index (χ0n) is 23.7. The maximum atomic E-state index is 14.2. The van der Waals surface area contributed by atoms with Gasteiger partial charge in [-0.15, -0.1) is 0 Å². The van der Waals surface area contributed by atoms with Gasteiger partial charge in [-0.3, -0.25) is 14.6 Å². The third kappa shape index (κ3) is 5.02. The van der Waals surface area contributed by atoms with Gasteiger partial charge in [-0.25, -0.2) is 0 Å². The number of phenolic OH excluding ortho intramolecular Hbond substituents is 2. The molecule has 3 aliphatic rings. The minimum Gasteiger partial charge on any atom is -0.507 e. The molecule has 220 valence electrons. The molecule has 0 saturated carbocycles. The molecule has 4 aromatic carbocycles. The van der Waals surface area contributed by atoms with Crippen molar-refractivity contribution in [3.8, 4) is 28.7 Å². The first-order valence-corrected chi connectivity index (χ1v) is 14.5. The summed E-state index contributed by atoms with van der Waals surface area (Å²) in [6.07, 6.45) is 4.36. The van der Waals surface area contributed by atoms with E-state index in [1.165, 1.54) is 12.1 Å². The van der Waals surface area contributed by atoms with E-state index >= 15 is 0 Å². The Labute approximate surface area is 253 Å². The molecule has 1 atom stereocenters. The first-order valence-electron chi connectivity index (χ1n) is 14.5. The van der Waals surface area contributed by atoms with Crippen LogP contribution in [0.2, 0.25) is 0 Å². The lowest BCUT2D eigenvalue weighted by Crippen LogP contribution is -2.40. The monoisotopic (exact) mass is 587 g/mol. The zero-order chi connectivity index (χ0) is 30.2. The van der Waals surface area contributed by atoms with Crippen LogP contribution >= 0.6 is 0 Å². The average molecular weight is 588 g/mol. The van der Waals surface area contributed by atoms with Crippen molar-refractivity contribution in [1.29, 1.82) is 0 Å². The fourth-order valence-electron chi connectivity index (χ4n) is 5.95. The minimum absolute atomic E-state index is 0.0675. The number of aromatic nitrogens is 1. The highest BCUT2D eigenvalue weighted by Gasteiger charge is 2.34. The van der Waals surface area contributed by atoms with Crippen LogP contribution in [0.1, 0.15) is 49.9 Å². The van der Waals surface area contributed by atoms with Crippen LogP contribution in [-0.4, -0.2) is 51.6 Å². The topological polar surface area (TPSA) is 121 Å². The first-order chi connectivity index (χ1) is 21.5. The SMILES string of the molecule is O=C1NCCCOc2cccc(c2)C2c3ccc(cc3CCN2C(=O)c2ccc3cnccc3c2O)Oc2ccc(O)c1c2. The maximum absolute atomic E-state index is 14.2. The number of carbonyl (C=O) groups excluding carboxylic acids is 2. The number of rotatable bonds is 1. The number of hydrogen-bond acceptors (Lipinski definition) is 7. The molecule has 2 amide bonds. The highest BCUT2D eigenvalue weighted by Crippen LogP contribution is 2.41. The molecule has 1 aromatic heterocycles. The maximum Gasteiger partial charge on any atom is 0.258 e. The second-order valence-corrected chi connectivity index (χ2v) is 10.9. The lowest BCUT2D eigenvalue weighted by Gasteiger charge is -2.38. The molecule has 4 heterocycles. The van der Waals surface area contributed by atoms with Crippen LogP contribution in [0.4, 0.5) is 0 Å². The molecular formula is C35H29N3O6. The molecule has 8 bridgehead atoms. The van der Waals surface area contributed by atoms with Crippen LogP contribution in [-0.2, 0) is 6.42 Å². The summed E-state index contributed by atoms with van der Waals surface area (Å²) >= 11 is 0. The summed E-state index contributed by atoms with van der Waals surface area (Å²) in [5.41, 5.74) is 3.16. The lowest BCUT2D eigenvalue weighted by atomic mass is 9.87. The molecular weight excluding hydrogens is 558 g/mol. The van der Waals surface area contributed by atoms with Crippen molar-refractivity contribution in [1.82, 2.24) is 15.2 Å². The van der Waals surface area contributed by atoms with E-state index in [0.29, 0.717) is 55.2 Å². The van der Waals surface area contributed by atoms with Gasteiger partial charge in [0.1, 0.15) is 28.7 Å². The van der Waals surface area contributed by atoms with E-state index in [-0.39, 0.29) is 28.5 Å². The van der Waals surface area contributed by atoms with Crippen molar-refractivity contribution < 1.29 is 29.3 Å². The van der Waals surface area contributed by atoms with E-state index in [4.69, 9.17) is 9.47 Å². The summed E-state index contributed by atoms with van der Waals surface area (Å²) in [5.74, 6) is 0.739. The molecule has 44 heavy (non-hydrogen) atoms. The summed E-state index contributed by atoms with van der Waals surface area (Å²) in [6.45, 7) is 1.11. The van der Waals surface area contributed by atoms with Gasteiger partial charge in [0.2, 0.25) is 0 Å². The van der Waals surface area contributed by atoms with Crippen molar-refractivity contribution in [2.75, 3.05) is 19.7 Å². The summed E-state index contributed by atoms with van der Waals surface area (Å²) in [5, 5.41) is 25.6. The number of pyridine rings is 1. The van der Waals surface area contributed by atoms with Crippen molar-refractivity contribution in [3.63, 3.8) is 0 Å². The number of benzene rings is 4. The fraction of sp³-hybridized carbons (Fsp3) is 0.171. The van der Waals surface area contributed by atoms with E-state index in [2.05, 4.69) is 10.3 Å². The first kappa shape index (κ1) is 27.3. The standard InChI is InChI=1S/C35H29N3O6/c39-31-10-7-26-19-30(31)34(41)37-13-2-16-43-24-4-1-3-22(18-24)32-27-9-6-25(44-26)17-21(27)12-15-38(32)35(42)29-8-5-23-20-36-14-11-28(23)33(29)40/h1,3-11,14,17-20,32,39-40H,2,12-13,15-16H2,(H,37,41). The van der Waals surface area contributed by atoms with Crippen LogP contribution < -0.4 is 14.8 Å². The van der Waals surface area contributed by atoms with Crippen LogP contribution in [0.15, 0.2) is 91.3 Å². The Morgan fingerprint density at radius 1 is 0.955 bits per heavy atom. The Morgan fingerprint density at radius 3 is 2.73 bits per heavy atom. The van der Waals surface area contributed by atoms with E-state index in [0.717, 1.165) is 22.1 Å². The number of nitrogens with zero attached hydrogens (tertiary/aromatic N) is 2. The van der Waals surface area contributed by atoms with Gasteiger partial charge in [0.15, 0.2) is 0 Å². The zero-order valence-corrected chi connectivity index (χ0v) is 23.7. The van der Waals surface area contributed by atoms with Crippen LogP contribution in [0.25, 0.3) is 10.8 Å². The fourth-order valence-corrected chi connectivity index (χ4v) is 5.95. The number of amides is 2. The molecule has 5 aromatic rings. The van der Waals surface area contributed by atoms with E-state index in [9.17, 15) is 19.8 Å². The quantitative estimate of drug-likeness (QED) is 0.229. The second-order valence-electron chi connectivity index (χ2n) is 10.9. The highest BCUT2D eigenvalue weighted by molar-refractivity contribution is 6.03. The number of ether oxygens (including phenoxy) is 2.